The summed E-state index contributed by atoms with van der Waals surface area (Å²) in [4.78, 5) is 10.9. The van der Waals surface area contributed by atoms with Crippen molar-refractivity contribution in [3.05, 3.63) is 18.0 Å². The first-order valence-electron chi connectivity index (χ1n) is 4.13. The summed E-state index contributed by atoms with van der Waals surface area (Å²) in [6.45, 7) is 1.91. The van der Waals surface area contributed by atoms with Crippen molar-refractivity contribution < 1.29 is 9.53 Å². The molecule has 0 spiro atoms. The Kier molecular flexibility index (Phi) is 1.72. The van der Waals surface area contributed by atoms with Crippen molar-refractivity contribution in [3.8, 4) is 0 Å². The number of nitrogens with zero attached hydrogens (tertiary/aromatic N) is 2. The average molecular weight is 181 g/mol. The molecule has 70 valence electrons. The number of aryl methyl sites for hydroxylation is 1. The summed E-state index contributed by atoms with van der Waals surface area (Å²) in [7, 11) is 1.83. The lowest BCUT2D eigenvalue weighted by Crippen LogP contribution is -2.24. The van der Waals surface area contributed by atoms with Crippen LogP contribution >= 0.6 is 0 Å². The third kappa shape index (κ3) is 1.26. The molecule has 5 nitrogen and oxygen atoms in total. The zero-order valence-electron chi connectivity index (χ0n) is 7.52. The average Bonchev–Trinajstić information content (AvgIpc) is 2.58. The van der Waals surface area contributed by atoms with E-state index in [0.29, 0.717) is 0 Å². The van der Waals surface area contributed by atoms with E-state index in [9.17, 15) is 4.79 Å². The first-order valence-corrected chi connectivity index (χ1v) is 4.13. The quantitative estimate of drug-likeness (QED) is 0.689. The van der Waals surface area contributed by atoms with Crippen LogP contribution in [0, 0.1) is 0 Å². The number of ether oxygens (including phenoxy) is 1. The Morgan fingerprint density at radius 3 is 2.92 bits per heavy atom. The van der Waals surface area contributed by atoms with Gasteiger partial charge in [-0.15, -0.1) is 0 Å². The van der Waals surface area contributed by atoms with E-state index in [-0.39, 0.29) is 18.2 Å². The summed E-state index contributed by atoms with van der Waals surface area (Å²) in [6.07, 6.45) is 1.10. The Balaban J connectivity index is 2.27. The number of nitrogens with one attached hydrogen (secondary N) is 1. The van der Waals surface area contributed by atoms with Crippen LogP contribution in [0.25, 0.3) is 0 Å². The number of carbonyl (C=O) groups excluding carboxylic acids is 1. The van der Waals surface area contributed by atoms with Crippen LogP contribution in [-0.2, 0) is 11.8 Å². The summed E-state index contributed by atoms with van der Waals surface area (Å²) in [5.41, 5.74) is 0.908. The Morgan fingerprint density at radius 2 is 2.46 bits per heavy atom. The molecule has 5 heteroatoms. The number of hydrogen-bond acceptors (Lipinski definition) is 3. The van der Waals surface area contributed by atoms with Gasteiger partial charge in [0.1, 0.15) is 0 Å². The fourth-order valence-corrected chi connectivity index (χ4v) is 1.49. The number of carbonyl (C=O) groups is 1. The van der Waals surface area contributed by atoms with Gasteiger partial charge in [-0.05, 0) is 13.0 Å². The second-order valence-electron chi connectivity index (χ2n) is 3.14. The van der Waals surface area contributed by atoms with E-state index in [1.165, 1.54) is 0 Å². The molecule has 2 heterocycles. The molecule has 0 aliphatic carbocycles. The summed E-state index contributed by atoms with van der Waals surface area (Å²) < 4.78 is 6.80. The van der Waals surface area contributed by atoms with Gasteiger partial charge in [0, 0.05) is 13.2 Å². The molecule has 1 fully saturated rings. The van der Waals surface area contributed by atoms with Crippen molar-refractivity contribution in [3.63, 3.8) is 0 Å². The highest BCUT2D eigenvalue weighted by Crippen LogP contribution is 2.24. The van der Waals surface area contributed by atoms with Crippen molar-refractivity contribution in [2.75, 3.05) is 0 Å². The van der Waals surface area contributed by atoms with Gasteiger partial charge in [-0.2, -0.15) is 5.10 Å². The highest BCUT2D eigenvalue weighted by atomic mass is 16.6. The molecule has 0 saturated carbocycles. The molecule has 0 bridgehead atoms. The van der Waals surface area contributed by atoms with E-state index < -0.39 is 0 Å². The molecule has 1 amide bonds. The molecule has 1 aromatic heterocycles. The molecule has 0 radical (unpaired) electrons. The summed E-state index contributed by atoms with van der Waals surface area (Å²) in [5.74, 6) is 0. The molecule has 2 rings (SSSR count). The van der Waals surface area contributed by atoms with Gasteiger partial charge in [-0.25, -0.2) is 4.79 Å². The second kappa shape index (κ2) is 2.76. The van der Waals surface area contributed by atoms with Gasteiger partial charge in [0.05, 0.1) is 11.7 Å². The molecule has 0 aromatic carbocycles. The third-order valence-electron chi connectivity index (χ3n) is 2.18. The third-order valence-corrected chi connectivity index (χ3v) is 2.18. The Bertz CT molecular complexity index is 334. The Morgan fingerprint density at radius 1 is 1.69 bits per heavy atom. The Hall–Kier alpha value is -1.52. The molecule has 1 saturated heterocycles. The van der Waals surface area contributed by atoms with Crippen LogP contribution < -0.4 is 5.32 Å². The van der Waals surface area contributed by atoms with Gasteiger partial charge in [-0.1, -0.05) is 0 Å². The smallest absolute Gasteiger partial charge is 0.408 e. The molecule has 2 atom stereocenters. The number of aromatic nitrogens is 2. The van der Waals surface area contributed by atoms with Gasteiger partial charge in [0.25, 0.3) is 0 Å². The van der Waals surface area contributed by atoms with Crippen molar-refractivity contribution in [1.82, 2.24) is 15.1 Å². The van der Waals surface area contributed by atoms with Crippen LogP contribution in [0.2, 0.25) is 0 Å². The van der Waals surface area contributed by atoms with Crippen LogP contribution in [-0.4, -0.2) is 21.9 Å². The zero-order chi connectivity index (χ0) is 9.42. The molecule has 13 heavy (non-hydrogen) atoms. The van der Waals surface area contributed by atoms with Crippen molar-refractivity contribution in [2.45, 2.75) is 19.1 Å². The molecule has 1 aromatic rings. The van der Waals surface area contributed by atoms with Crippen LogP contribution in [0.4, 0.5) is 4.79 Å². The van der Waals surface area contributed by atoms with Gasteiger partial charge < -0.3 is 10.1 Å². The molecule has 1 aliphatic heterocycles. The predicted octanol–water partition coefficient (Wildman–Crippen LogP) is 0.590. The number of amides is 1. The topological polar surface area (TPSA) is 56.1 Å². The van der Waals surface area contributed by atoms with E-state index in [2.05, 4.69) is 10.4 Å². The fraction of sp³-hybridized carbons (Fsp3) is 0.500. The minimum absolute atomic E-state index is 0.00269. The van der Waals surface area contributed by atoms with Crippen LogP contribution in [0.1, 0.15) is 18.7 Å². The lowest BCUT2D eigenvalue weighted by atomic mass is 10.1. The molecular weight excluding hydrogens is 170 g/mol. The number of cyclic esters (lactones) is 1. The van der Waals surface area contributed by atoms with Gasteiger partial charge >= 0.3 is 6.09 Å². The maximum absolute atomic E-state index is 10.9. The van der Waals surface area contributed by atoms with Gasteiger partial charge in [0.2, 0.25) is 0 Å². The van der Waals surface area contributed by atoms with Crippen LogP contribution in [0.15, 0.2) is 12.3 Å². The monoisotopic (exact) mass is 181 g/mol. The lowest BCUT2D eigenvalue weighted by Gasteiger charge is -2.12. The molecule has 0 unspecified atom stereocenters. The SMILES string of the molecule is C[C@@H]1NC(=O)O[C@@H]1c1ccnn1C. The predicted molar refractivity (Wildman–Crippen MR) is 45.0 cm³/mol. The van der Waals surface area contributed by atoms with E-state index in [1.807, 2.05) is 20.0 Å². The van der Waals surface area contributed by atoms with Gasteiger partial charge in [-0.3, -0.25) is 4.68 Å². The number of rotatable bonds is 1. The van der Waals surface area contributed by atoms with Crippen molar-refractivity contribution >= 4 is 6.09 Å². The van der Waals surface area contributed by atoms with Gasteiger partial charge in [0.15, 0.2) is 6.10 Å². The first-order chi connectivity index (χ1) is 6.18. The minimum atomic E-state index is -0.362. The second-order valence-corrected chi connectivity index (χ2v) is 3.14. The van der Waals surface area contributed by atoms with Crippen molar-refractivity contribution in [1.29, 1.82) is 0 Å². The van der Waals surface area contributed by atoms with Crippen LogP contribution in [0.5, 0.6) is 0 Å². The Labute approximate surface area is 75.7 Å². The van der Waals surface area contributed by atoms with E-state index in [1.54, 1.807) is 10.9 Å². The molecular formula is C8H11N3O2. The maximum atomic E-state index is 10.9. The molecule has 1 N–H and O–H groups in total. The summed E-state index contributed by atoms with van der Waals surface area (Å²) >= 11 is 0. The van der Waals surface area contributed by atoms with E-state index >= 15 is 0 Å². The van der Waals surface area contributed by atoms with Crippen molar-refractivity contribution in [2.24, 2.45) is 7.05 Å². The standard InChI is InChI=1S/C8H11N3O2/c1-5-7(13-8(12)10-5)6-3-4-9-11(6)2/h3-5,7H,1-2H3,(H,10,12)/t5-,7-/m0/s1. The normalized spacial score (nSPS) is 27.1. The highest BCUT2D eigenvalue weighted by Gasteiger charge is 2.33. The maximum Gasteiger partial charge on any atom is 0.408 e. The number of hydrogen-bond donors (Lipinski definition) is 1. The first kappa shape index (κ1) is 8.10. The summed E-state index contributed by atoms with van der Waals surface area (Å²) in [6, 6.07) is 1.85. The molecule has 1 aliphatic rings. The number of alkyl carbamates (subject to hydrolysis) is 1. The zero-order valence-corrected chi connectivity index (χ0v) is 7.52. The van der Waals surface area contributed by atoms with Crippen LogP contribution in [0.3, 0.4) is 0 Å². The summed E-state index contributed by atoms with van der Waals surface area (Å²) in [5, 5.41) is 6.70. The minimum Gasteiger partial charge on any atom is -0.438 e. The largest absolute Gasteiger partial charge is 0.438 e. The highest BCUT2D eigenvalue weighted by molar-refractivity contribution is 5.70. The fourth-order valence-electron chi connectivity index (χ4n) is 1.49. The van der Waals surface area contributed by atoms with E-state index in [0.717, 1.165) is 5.69 Å². The van der Waals surface area contributed by atoms with E-state index in [4.69, 9.17) is 4.74 Å². The lowest BCUT2D eigenvalue weighted by molar-refractivity contribution is 0.129.